The van der Waals surface area contributed by atoms with Crippen molar-refractivity contribution in [3.05, 3.63) is 40.3 Å². The second-order valence-corrected chi connectivity index (χ2v) is 6.44. The van der Waals surface area contributed by atoms with Gasteiger partial charge < -0.3 is 9.64 Å². The minimum Gasteiger partial charge on any atom is -0.378 e. The molecule has 26 heavy (non-hydrogen) atoms. The minimum atomic E-state index is -0.306. The summed E-state index contributed by atoms with van der Waals surface area (Å²) >= 11 is 0. The average molecular weight is 354 g/mol. The minimum absolute atomic E-state index is 0.0681. The molecule has 1 aromatic carbocycles. The molecule has 4 heterocycles. The highest BCUT2D eigenvalue weighted by molar-refractivity contribution is 6.14. The summed E-state index contributed by atoms with van der Waals surface area (Å²) < 4.78 is 8.11. The van der Waals surface area contributed by atoms with Gasteiger partial charge in [0.1, 0.15) is 12.4 Å². The molecule has 5 rings (SSSR count). The predicted molar refractivity (Wildman–Crippen MR) is 94.0 cm³/mol. The molecule has 0 atom stereocenters. The van der Waals surface area contributed by atoms with Crippen LogP contribution in [0, 0.1) is 0 Å². The fraction of sp³-hybridized carbons (Fsp3) is 0.412. The maximum atomic E-state index is 13.0. The van der Waals surface area contributed by atoms with Gasteiger partial charge in [-0.15, -0.1) is 5.10 Å². The number of hydrogen-bond acceptors (Lipinski definition) is 6. The van der Waals surface area contributed by atoms with Gasteiger partial charge in [0.15, 0.2) is 0 Å². The third-order valence-corrected chi connectivity index (χ3v) is 4.94. The first kappa shape index (κ1) is 15.3. The van der Waals surface area contributed by atoms with Crippen molar-refractivity contribution < 1.29 is 9.53 Å². The first-order valence-corrected chi connectivity index (χ1v) is 8.71. The molecule has 1 saturated heterocycles. The lowest BCUT2D eigenvalue weighted by Crippen LogP contribution is -2.43. The number of ether oxygens (including phenoxy) is 1. The number of nitrogens with zero attached hydrogens (tertiary/aromatic N) is 6. The van der Waals surface area contributed by atoms with E-state index in [9.17, 15) is 9.59 Å². The summed E-state index contributed by atoms with van der Waals surface area (Å²) in [5.41, 5.74) is 1.37. The zero-order valence-corrected chi connectivity index (χ0v) is 14.2. The van der Waals surface area contributed by atoms with E-state index in [2.05, 4.69) is 10.1 Å². The van der Waals surface area contributed by atoms with Crippen LogP contribution in [0.2, 0.25) is 0 Å². The molecule has 0 radical (unpaired) electrons. The zero-order valence-electron chi connectivity index (χ0n) is 14.2. The van der Waals surface area contributed by atoms with Gasteiger partial charge in [0.25, 0.3) is 0 Å². The molecular weight excluding hydrogens is 336 g/mol. The fourth-order valence-electron chi connectivity index (χ4n) is 3.66. The number of aromatic nitrogens is 3. The topological polar surface area (TPSA) is 85.0 Å². The number of anilines is 1. The summed E-state index contributed by atoms with van der Waals surface area (Å²) in [4.78, 5) is 33.7. The van der Waals surface area contributed by atoms with Crippen molar-refractivity contribution in [2.75, 3.05) is 44.3 Å². The molecule has 0 N–H and O–H groups in total. The number of aliphatic imine (C=N–C) groups is 1. The van der Waals surface area contributed by atoms with E-state index in [0.717, 1.165) is 17.1 Å². The van der Waals surface area contributed by atoms with Crippen LogP contribution in [0.3, 0.4) is 0 Å². The van der Waals surface area contributed by atoms with Crippen molar-refractivity contribution in [3.63, 3.8) is 0 Å². The first-order chi connectivity index (χ1) is 12.7. The van der Waals surface area contributed by atoms with Gasteiger partial charge in [0, 0.05) is 25.2 Å². The average Bonchev–Trinajstić information content (AvgIpc) is 3.28. The summed E-state index contributed by atoms with van der Waals surface area (Å²) in [6.45, 7) is 3.43. The largest absolute Gasteiger partial charge is 0.378 e. The number of benzene rings is 1. The molecule has 0 saturated carbocycles. The number of rotatable bonds is 2. The molecule has 0 aliphatic carbocycles. The molecule has 1 amide bonds. The van der Waals surface area contributed by atoms with Gasteiger partial charge >= 0.3 is 5.69 Å². The second-order valence-electron chi connectivity index (χ2n) is 6.44. The van der Waals surface area contributed by atoms with Gasteiger partial charge in [-0.25, -0.2) is 14.0 Å². The lowest BCUT2D eigenvalue weighted by atomic mass is 10.1. The Balaban J connectivity index is 1.55. The van der Waals surface area contributed by atoms with E-state index in [1.165, 1.54) is 4.68 Å². The molecule has 0 unspecified atom stereocenters. The number of amides is 1. The summed E-state index contributed by atoms with van der Waals surface area (Å²) in [5, 5.41) is 4.46. The highest BCUT2D eigenvalue weighted by atomic mass is 16.5. The molecule has 0 spiro atoms. The summed E-state index contributed by atoms with van der Waals surface area (Å²) in [6, 6.07) is 7.66. The van der Waals surface area contributed by atoms with Gasteiger partial charge in [-0.2, -0.15) is 0 Å². The normalized spacial score (nSPS) is 18.2. The Morgan fingerprint density at radius 3 is 2.81 bits per heavy atom. The summed E-state index contributed by atoms with van der Waals surface area (Å²) in [6.07, 6.45) is 0. The van der Waals surface area contributed by atoms with Crippen molar-refractivity contribution in [2.24, 2.45) is 4.99 Å². The number of carbonyl (C=O) groups is 1. The lowest BCUT2D eigenvalue weighted by molar-refractivity contribution is -0.136. The number of carbonyl (C=O) groups excluding carboxylic acids is 1. The van der Waals surface area contributed by atoms with Gasteiger partial charge in [0.2, 0.25) is 11.9 Å². The Kier molecular flexibility index (Phi) is 3.42. The van der Waals surface area contributed by atoms with Crippen LogP contribution < -0.4 is 10.6 Å². The van der Waals surface area contributed by atoms with Crippen molar-refractivity contribution in [1.82, 2.24) is 19.2 Å². The van der Waals surface area contributed by atoms with E-state index in [1.807, 2.05) is 29.2 Å². The molecule has 9 nitrogen and oxygen atoms in total. The number of morpholine rings is 1. The first-order valence-electron chi connectivity index (χ1n) is 8.71. The van der Waals surface area contributed by atoms with E-state index in [4.69, 9.17) is 4.74 Å². The van der Waals surface area contributed by atoms with E-state index in [1.54, 1.807) is 9.47 Å². The third-order valence-electron chi connectivity index (χ3n) is 4.94. The molecule has 9 heteroatoms. The van der Waals surface area contributed by atoms with Gasteiger partial charge in [-0.3, -0.25) is 14.7 Å². The molecule has 0 bridgehead atoms. The van der Waals surface area contributed by atoms with Crippen LogP contribution in [0.5, 0.6) is 0 Å². The maximum Gasteiger partial charge on any atom is 0.352 e. The SMILES string of the molecule is O=C(Cn1nc2n(c1=O)-c1ccccc1C1=NCCN12)N1CCOCC1. The Hall–Kier alpha value is -2.94. The van der Waals surface area contributed by atoms with Crippen molar-refractivity contribution in [3.8, 4) is 5.69 Å². The maximum absolute atomic E-state index is 13.0. The molecule has 3 aliphatic rings. The zero-order chi connectivity index (χ0) is 17.7. The van der Waals surface area contributed by atoms with Crippen LogP contribution in [-0.2, 0) is 16.1 Å². The number of para-hydroxylation sites is 1. The van der Waals surface area contributed by atoms with E-state index in [0.29, 0.717) is 45.3 Å². The van der Waals surface area contributed by atoms with Crippen molar-refractivity contribution in [2.45, 2.75) is 6.54 Å². The smallest absolute Gasteiger partial charge is 0.352 e. The number of hydrogen-bond donors (Lipinski definition) is 0. The Bertz CT molecular complexity index is 969. The Morgan fingerprint density at radius 2 is 1.96 bits per heavy atom. The van der Waals surface area contributed by atoms with Crippen LogP contribution in [0.4, 0.5) is 5.95 Å². The molecular formula is C17H18N6O3. The van der Waals surface area contributed by atoms with E-state index >= 15 is 0 Å². The highest BCUT2D eigenvalue weighted by Crippen LogP contribution is 2.29. The number of amidine groups is 1. The second kappa shape index (κ2) is 5.80. The van der Waals surface area contributed by atoms with Crippen molar-refractivity contribution in [1.29, 1.82) is 0 Å². The highest BCUT2D eigenvalue weighted by Gasteiger charge is 2.34. The summed E-state index contributed by atoms with van der Waals surface area (Å²) in [7, 11) is 0. The van der Waals surface area contributed by atoms with Gasteiger partial charge in [-0.1, -0.05) is 12.1 Å². The van der Waals surface area contributed by atoms with Crippen molar-refractivity contribution >= 4 is 17.7 Å². The summed E-state index contributed by atoms with van der Waals surface area (Å²) in [5.74, 6) is 1.25. The van der Waals surface area contributed by atoms with Crippen LogP contribution >= 0.6 is 0 Å². The standard InChI is InChI=1S/C17H18N6O3/c24-14(20-7-9-26-10-8-20)11-22-17(25)23-13-4-2-1-3-12(13)15-18-5-6-21(15)16(23)19-22/h1-4H,5-11H2. The molecule has 2 aromatic rings. The van der Waals surface area contributed by atoms with Crippen LogP contribution in [0.15, 0.2) is 34.1 Å². The Morgan fingerprint density at radius 1 is 1.15 bits per heavy atom. The van der Waals surface area contributed by atoms with Gasteiger partial charge in [0.05, 0.1) is 25.4 Å². The van der Waals surface area contributed by atoms with E-state index in [-0.39, 0.29) is 18.1 Å². The molecule has 3 aliphatic heterocycles. The Labute approximate surface area is 149 Å². The van der Waals surface area contributed by atoms with Crippen LogP contribution in [0.25, 0.3) is 5.69 Å². The molecule has 1 aromatic heterocycles. The monoisotopic (exact) mass is 354 g/mol. The van der Waals surface area contributed by atoms with Gasteiger partial charge in [-0.05, 0) is 12.1 Å². The third kappa shape index (κ3) is 2.20. The lowest BCUT2D eigenvalue weighted by Gasteiger charge is -2.26. The predicted octanol–water partition coefficient (Wildman–Crippen LogP) is -0.527. The quantitative estimate of drug-likeness (QED) is 0.724. The van der Waals surface area contributed by atoms with E-state index < -0.39 is 0 Å². The van der Waals surface area contributed by atoms with Crippen LogP contribution in [-0.4, -0.2) is 70.4 Å². The molecule has 1 fully saturated rings. The van der Waals surface area contributed by atoms with Crippen LogP contribution in [0.1, 0.15) is 5.56 Å². The number of fused-ring (bicyclic) bond motifs is 6. The molecule has 134 valence electrons. The fourth-order valence-corrected chi connectivity index (χ4v) is 3.66.